The van der Waals surface area contributed by atoms with Crippen LogP contribution in [0.2, 0.25) is 0 Å². The third-order valence-corrected chi connectivity index (χ3v) is 2.68. The van der Waals surface area contributed by atoms with Gasteiger partial charge in [0.25, 0.3) is 0 Å². The molecule has 0 saturated carbocycles. The van der Waals surface area contributed by atoms with E-state index in [9.17, 15) is 0 Å². The molecule has 0 aliphatic rings. The zero-order valence-electron chi connectivity index (χ0n) is 7.68. The van der Waals surface area contributed by atoms with Crippen LogP contribution < -0.4 is 0 Å². The first-order valence-corrected chi connectivity index (χ1v) is 5.00. The molecule has 0 fully saturated rings. The summed E-state index contributed by atoms with van der Waals surface area (Å²) in [5, 5.41) is 8.05. The van der Waals surface area contributed by atoms with Crippen LogP contribution in [0, 0.1) is 6.92 Å². The van der Waals surface area contributed by atoms with E-state index in [2.05, 4.69) is 31.1 Å². The molecule has 0 atom stereocenters. The second-order valence-corrected chi connectivity index (χ2v) is 3.82. The maximum absolute atomic E-state index is 4.24. The Morgan fingerprint density at radius 3 is 2.71 bits per heavy atom. The number of aryl methyl sites for hydroxylation is 1. The normalized spacial score (nSPS) is 10.4. The number of nitrogens with zero attached hydrogens (tertiary/aromatic N) is 4. The van der Waals surface area contributed by atoms with E-state index in [0.717, 1.165) is 15.7 Å². The zero-order chi connectivity index (χ0) is 9.97. The van der Waals surface area contributed by atoms with Crippen LogP contribution in [0.4, 0.5) is 0 Å². The maximum Gasteiger partial charge on any atom is 0.0872 e. The highest BCUT2D eigenvalue weighted by atomic mass is 79.9. The largest absolute Gasteiger partial charge is 0.260 e. The molecular weight excluding hydrogens is 244 g/mol. The lowest BCUT2D eigenvalue weighted by atomic mass is 10.2. The number of rotatable bonds is 2. The molecule has 4 nitrogen and oxygen atoms in total. The molecule has 0 N–H and O–H groups in total. The molecule has 0 aliphatic heterocycles. The average molecular weight is 253 g/mol. The summed E-state index contributed by atoms with van der Waals surface area (Å²) in [5.41, 5.74) is 2.07. The summed E-state index contributed by atoms with van der Waals surface area (Å²) in [4.78, 5) is 5.87. The SMILES string of the molecule is Cc1ncc(Cn2nccn2)cc1Br. The van der Waals surface area contributed by atoms with Crippen molar-refractivity contribution < 1.29 is 0 Å². The molecule has 5 heteroatoms. The van der Waals surface area contributed by atoms with Crippen LogP contribution in [0.25, 0.3) is 0 Å². The van der Waals surface area contributed by atoms with Gasteiger partial charge in [-0.15, -0.1) is 0 Å². The molecule has 2 heterocycles. The van der Waals surface area contributed by atoms with Crippen LogP contribution in [0.15, 0.2) is 29.1 Å². The highest BCUT2D eigenvalue weighted by Gasteiger charge is 2.00. The number of aromatic nitrogens is 4. The van der Waals surface area contributed by atoms with Gasteiger partial charge in [0.2, 0.25) is 0 Å². The van der Waals surface area contributed by atoms with Crippen molar-refractivity contribution in [1.82, 2.24) is 20.0 Å². The van der Waals surface area contributed by atoms with E-state index in [1.165, 1.54) is 0 Å². The lowest BCUT2D eigenvalue weighted by Crippen LogP contribution is -2.04. The molecule has 0 aliphatic carbocycles. The van der Waals surface area contributed by atoms with E-state index in [1.807, 2.05) is 19.2 Å². The van der Waals surface area contributed by atoms with Gasteiger partial charge in [0.1, 0.15) is 0 Å². The molecule has 0 bridgehead atoms. The van der Waals surface area contributed by atoms with Crippen molar-refractivity contribution in [3.8, 4) is 0 Å². The summed E-state index contributed by atoms with van der Waals surface area (Å²) >= 11 is 3.44. The Morgan fingerprint density at radius 1 is 1.36 bits per heavy atom. The van der Waals surface area contributed by atoms with Crippen molar-refractivity contribution in [1.29, 1.82) is 0 Å². The molecule has 72 valence electrons. The van der Waals surface area contributed by atoms with Crippen LogP contribution in [0.1, 0.15) is 11.3 Å². The molecular formula is C9H9BrN4. The van der Waals surface area contributed by atoms with Crippen molar-refractivity contribution in [3.05, 3.63) is 40.4 Å². The van der Waals surface area contributed by atoms with E-state index in [4.69, 9.17) is 0 Å². The van der Waals surface area contributed by atoms with E-state index >= 15 is 0 Å². The summed E-state index contributed by atoms with van der Waals surface area (Å²) in [6.07, 6.45) is 5.16. The Morgan fingerprint density at radius 2 is 2.07 bits per heavy atom. The monoisotopic (exact) mass is 252 g/mol. The molecule has 14 heavy (non-hydrogen) atoms. The summed E-state index contributed by atoms with van der Waals surface area (Å²) in [7, 11) is 0. The van der Waals surface area contributed by atoms with E-state index in [0.29, 0.717) is 6.54 Å². The predicted molar refractivity (Wildman–Crippen MR) is 55.8 cm³/mol. The lowest BCUT2D eigenvalue weighted by Gasteiger charge is -2.02. The first-order valence-electron chi connectivity index (χ1n) is 4.21. The highest BCUT2D eigenvalue weighted by Crippen LogP contribution is 2.15. The van der Waals surface area contributed by atoms with Gasteiger partial charge >= 0.3 is 0 Å². The molecule has 0 radical (unpaired) electrons. The topological polar surface area (TPSA) is 43.6 Å². The second kappa shape index (κ2) is 3.88. The molecule has 0 spiro atoms. The van der Waals surface area contributed by atoms with Gasteiger partial charge in [0, 0.05) is 10.7 Å². The third-order valence-electron chi connectivity index (χ3n) is 1.87. The molecule has 2 rings (SSSR count). The van der Waals surface area contributed by atoms with Crippen LogP contribution in [-0.4, -0.2) is 20.0 Å². The minimum Gasteiger partial charge on any atom is -0.260 e. The van der Waals surface area contributed by atoms with E-state index in [-0.39, 0.29) is 0 Å². The van der Waals surface area contributed by atoms with Crippen LogP contribution in [-0.2, 0) is 6.54 Å². The van der Waals surface area contributed by atoms with Gasteiger partial charge in [-0.25, -0.2) is 0 Å². The third kappa shape index (κ3) is 1.98. The van der Waals surface area contributed by atoms with Crippen molar-refractivity contribution in [2.45, 2.75) is 13.5 Å². The van der Waals surface area contributed by atoms with E-state index < -0.39 is 0 Å². The summed E-state index contributed by atoms with van der Waals surface area (Å²) in [6, 6.07) is 2.03. The van der Waals surface area contributed by atoms with Gasteiger partial charge in [0.05, 0.1) is 24.6 Å². The fourth-order valence-electron chi connectivity index (χ4n) is 1.12. The van der Waals surface area contributed by atoms with Gasteiger partial charge in [-0.2, -0.15) is 15.0 Å². The second-order valence-electron chi connectivity index (χ2n) is 2.97. The number of hydrogen-bond acceptors (Lipinski definition) is 3. The smallest absolute Gasteiger partial charge is 0.0872 e. The standard InChI is InChI=1S/C9H9BrN4/c1-7-9(10)4-8(5-11-7)6-14-12-2-3-13-14/h2-5H,6H2,1H3. The number of hydrogen-bond donors (Lipinski definition) is 0. The molecule has 2 aromatic heterocycles. The van der Waals surface area contributed by atoms with Crippen molar-refractivity contribution in [2.75, 3.05) is 0 Å². The van der Waals surface area contributed by atoms with Gasteiger partial charge in [-0.1, -0.05) is 0 Å². The Balaban J connectivity index is 2.22. The molecule has 0 saturated heterocycles. The highest BCUT2D eigenvalue weighted by molar-refractivity contribution is 9.10. The van der Waals surface area contributed by atoms with Gasteiger partial charge in [-0.05, 0) is 34.5 Å². The van der Waals surface area contributed by atoms with Crippen molar-refractivity contribution in [2.24, 2.45) is 0 Å². The predicted octanol–water partition coefficient (Wildman–Crippen LogP) is 1.79. The lowest BCUT2D eigenvalue weighted by molar-refractivity contribution is 0.589. The summed E-state index contributed by atoms with van der Waals surface area (Å²) in [6.45, 7) is 2.61. The van der Waals surface area contributed by atoms with Crippen LogP contribution in [0.5, 0.6) is 0 Å². The fourth-order valence-corrected chi connectivity index (χ4v) is 1.52. The molecule has 0 aromatic carbocycles. The number of halogens is 1. The van der Waals surface area contributed by atoms with Crippen LogP contribution in [0.3, 0.4) is 0 Å². The summed E-state index contributed by atoms with van der Waals surface area (Å²) < 4.78 is 1.02. The van der Waals surface area contributed by atoms with Gasteiger partial charge in [0.15, 0.2) is 0 Å². The quantitative estimate of drug-likeness (QED) is 0.819. The van der Waals surface area contributed by atoms with Crippen molar-refractivity contribution >= 4 is 15.9 Å². The Labute approximate surface area is 90.1 Å². The van der Waals surface area contributed by atoms with Gasteiger partial charge in [-0.3, -0.25) is 4.98 Å². The number of pyridine rings is 1. The summed E-state index contributed by atoms with van der Waals surface area (Å²) in [5.74, 6) is 0. The minimum atomic E-state index is 0.652. The van der Waals surface area contributed by atoms with Gasteiger partial charge < -0.3 is 0 Å². The Hall–Kier alpha value is -1.23. The van der Waals surface area contributed by atoms with E-state index in [1.54, 1.807) is 17.2 Å². The minimum absolute atomic E-state index is 0.652. The first-order chi connectivity index (χ1) is 6.75. The molecule has 2 aromatic rings. The molecule has 0 amide bonds. The zero-order valence-corrected chi connectivity index (χ0v) is 9.27. The van der Waals surface area contributed by atoms with Crippen LogP contribution >= 0.6 is 15.9 Å². The first kappa shape index (κ1) is 9.33. The maximum atomic E-state index is 4.24. The Kier molecular flexibility index (Phi) is 2.58. The Bertz CT molecular complexity index is 424. The molecule has 0 unspecified atom stereocenters. The van der Waals surface area contributed by atoms with Crippen molar-refractivity contribution in [3.63, 3.8) is 0 Å². The average Bonchev–Trinajstić information content (AvgIpc) is 2.64. The fraction of sp³-hybridized carbons (Fsp3) is 0.222.